The van der Waals surface area contributed by atoms with Crippen LogP contribution in [-0.4, -0.2) is 24.4 Å². The number of aliphatic hydroxyl groups is 1. The van der Waals surface area contributed by atoms with Gasteiger partial charge in [-0.05, 0) is 31.5 Å². The van der Waals surface area contributed by atoms with Gasteiger partial charge in [0.05, 0.1) is 24.0 Å². The van der Waals surface area contributed by atoms with Gasteiger partial charge < -0.3 is 15.2 Å². The maximum atomic E-state index is 11.7. The summed E-state index contributed by atoms with van der Waals surface area (Å²) >= 11 is 0. The van der Waals surface area contributed by atoms with Crippen LogP contribution in [0, 0.1) is 0 Å². The third-order valence-corrected chi connectivity index (χ3v) is 2.94. The second-order valence-electron chi connectivity index (χ2n) is 4.60. The Labute approximate surface area is 116 Å². The number of hydrogen-bond donors (Lipinski definition) is 2. The second kappa shape index (κ2) is 5.88. The molecule has 5 nitrogen and oxygen atoms in total. The average Bonchev–Trinajstić information content (AvgIpc) is 2.44. The SMILES string of the molecule is CCOc1ccc(-c2c(NC[C@@H](C)O)c(=O)c2=O)cc1. The Hall–Kier alpha value is -2.14. The topological polar surface area (TPSA) is 75.6 Å². The third-order valence-electron chi connectivity index (χ3n) is 2.94. The molecule has 0 aliphatic heterocycles. The highest BCUT2D eigenvalue weighted by Gasteiger charge is 2.22. The van der Waals surface area contributed by atoms with Crippen LogP contribution >= 0.6 is 0 Å². The summed E-state index contributed by atoms with van der Waals surface area (Å²) in [7, 11) is 0. The quantitative estimate of drug-likeness (QED) is 0.773. The molecule has 2 aromatic carbocycles. The molecule has 0 saturated heterocycles. The molecule has 2 aromatic rings. The van der Waals surface area contributed by atoms with Gasteiger partial charge in [0, 0.05) is 6.54 Å². The summed E-state index contributed by atoms with van der Waals surface area (Å²) in [5, 5.41) is 12.0. The van der Waals surface area contributed by atoms with Gasteiger partial charge in [-0.3, -0.25) is 9.59 Å². The molecule has 1 atom stereocenters. The van der Waals surface area contributed by atoms with Gasteiger partial charge in [0.1, 0.15) is 5.75 Å². The molecule has 0 aliphatic carbocycles. The predicted octanol–water partition coefficient (Wildman–Crippen LogP) is 1.14. The lowest BCUT2D eigenvalue weighted by atomic mass is 9.98. The molecule has 2 rings (SSSR count). The lowest BCUT2D eigenvalue weighted by Gasteiger charge is -2.14. The van der Waals surface area contributed by atoms with E-state index in [2.05, 4.69) is 5.32 Å². The largest absolute Gasteiger partial charge is 0.494 e. The Morgan fingerprint density at radius 1 is 1.20 bits per heavy atom. The van der Waals surface area contributed by atoms with E-state index in [9.17, 15) is 14.7 Å². The zero-order chi connectivity index (χ0) is 14.7. The van der Waals surface area contributed by atoms with Crippen LogP contribution in [0.3, 0.4) is 0 Å². The van der Waals surface area contributed by atoms with Gasteiger partial charge in [-0.2, -0.15) is 0 Å². The van der Waals surface area contributed by atoms with Crippen LogP contribution in [0.15, 0.2) is 33.9 Å². The van der Waals surface area contributed by atoms with Crippen LogP contribution in [0.1, 0.15) is 13.8 Å². The second-order valence-corrected chi connectivity index (χ2v) is 4.60. The van der Waals surface area contributed by atoms with Crippen molar-refractivity contribution in [1.29, 1.82) is 0 Å². The van der Waals surface area contributed by atoms with Crippen LogP contribution in [0.2, 0.25) is 0 Å². The highest BCUT2D eigenvalue weighted by molar-refractivity contribution is 5.82. The van der Waals surface area contributed by atoms with Gasteiger partial charge in [-0.25, -0.2) is 0 Å². The summed E-state index contributed by atoms with van der Waals surface area (Å²) in [5.41, 5.74) is 0.293. The van der Waals surface area contributed by atoms with E-state index in [1.165, 1.54) is 0 Å². The molecule has 0 aliphatic rings. The van der Waals surface area contributed by atoms with Crippen LogP contribution in [0.4, 0.5) is 5.69 Å². The van der Waals surface area contributed by atoms with Crippen molar-refractivity contribution in [2.24, 2.45) is 0 Å². The van der Waals surface area contributed by atoms with Crippen molar-refractivity contribution >= 4 is 5.69 Å². The Balaban J connectivity index is 2.26. The summed E-state index contributed by atoms with van der Waals surface area (Å²) in [6.07, 6.45) is -0.590. The number of hydrogen-bond acceptors (Lipinski definition) is 5. The summed E-state index contributed by atoms with van der Waals surface area (Å²) in [6.45, 7) is 4.30. The minimum absolute atomic E-state index is 0.231. The van der Waals surface area contributed by atoms with Crippen molar-refractivity contribution in [3.8, 4) is 16.9 Å². The maximum absolute atomic E-state index is 11.7. The van der Waals surface area contributed by atoms with Crippen LogP contribution < -0.4 is 20.9 Å². The molecule has 0 amide bonds. The molecular formula is C15H17NO4. The van der Waals surface area contributed by atoms with Crippen molar-refractivity contribution in [2.45, 2.75) is 20.0 Å². The van der Waals surface area contributed by atoms with Crippen LogP contribution in [-0.2, 0) is 0 Å². The summed E-state index contributed by atoms with van der Waals surface area (Å²) in [5.74, 6) is 0.716. The third kappa shape index (κ3) is 2.72. The van der Waals surface area contributed by atoms with Gasteiger partial charge in [-0.1, -0.05) is 12.1 Å². The molecule has 0 spiro atoms. The Bertz CT molecular complexity index is 651. The van der Waals surface area contributed by atoms with Gasteiger partial charge in [0.15, 0.2) is 0 Å². The first kappa shape index (κ1) is 14.3. The lowest BCUT2D eigenvalue weighted by molar-refractivity contribution is 0.208. The summed E-state index contributed by atoms with van der Waals surface area (Å²) in [6, 6.07) is 7.01. The minimum atomic E-state index is -0.590. The van der Waals surface area contributed by atoms with E-state index in [-0.39, 0.29) is 12.2 Å². The van der Waals surface area contributed by atoms with E-state index in [4.69, 9.17) is 4.74 Å². The number of rotatable bonds is 6. The summed E-state index contributed by atoms with van der Waals surface area (Å²) in [4.78, 5) is 23.2. The fraction of sp³-hybridized carbons (Fsp3) is 0.333. The van der Waals surface area contributed by atoms with Crippen molar-refractivity contribution in [3.63, 3.8) is 0 Å². The lowest BCUT2D eigenvalue weighted by Crippen LogP contribution is -2.37. The number of benzene rings is 1. The zero-order valence-electron chi connectivity index (χ0n) is 11.5. The van der Waals surface area contributed by atoms with Crippen molar-refractivity contribution in [2.75, 3.05) is 18.5 Å². The first-order valence-corrected chi connectivity index (χ1v) is 6.53. The Kier molecular flexibility index (Phi) is 4.20. The van der Waals surface area contributed by atoms with Crippen molar-refractivity contribution in [3.05, 3.63) is 44.7 Å². The normalized spacial score (nSPS) is 12.3. The van der Waals surface area contributed by atoms with E-state index in [1.54, 1.807) is 31.2 Å². The monoisotopic (exact) mass is 275 g/mol. The fourth-order valence-electron chi connectivity index (χ4n) is 1.97. The molecule has 0 fully saturated rings. The molecule has 0 aromatic heterocycles. The highest BCUT2D eigenvalue weighted by atomic mass is 16.5. The predicted molar refractivity (Wildman–Crippen MR) is 78.1 cm³/mol. The zero-order valence-corrected chi connectivity index (χ0v) is 11.5. The fourth-order valence-corrected chi connectivity index (χ4v) is 1.97. The van der Waals surface area contributed by atoms with E-state index in [0.717, 1.165) is 0 Å². The molecule has 0 unspecified atom stereocenters. The maximum Gasteiger partial charge on any atom is 0.250 e. The van der Waals surface area contributed by atoms with E-state index in [1.807, 2.05) is 6.92 Å². The molecule has 2 N–H and O–H groups in total. The summed E-state index contributed by atoms with van der Waals surface area (Å²) < 4.78 is 5.33. The highest BCUT2D eigenvalue weighted by Crippen LogP contribution is 2.25. The molecule has 0 bridgehead atoms. The Morgan fingerprint density at radius 3 is 2.40 bits per heavy atom. The number of anilines is 1. The van der Waals surface area contributed by atoms with Gasteiger partial charge >= 0.3 is 0 Å². The van der Waals surface area contributed by atoms with E-state index >= 15 is 0 Å². The minimum Gasteiger partial charge on any atom is -0.494 e. The molecule has 20 heavy (non-hydrogen) atoms. The Morgan fingerprint density at radius 2 is 1.85 bits per heavy atom. The number of aliphatic hydroxyl groups excluding tert-OH is 1. The van der Waals surface area contributed by atoms with E-state index in [0.29, 0.717) is 23.5 Å². The van der Waals surface area contributed by atoms with Crippen LogP contribution in [0.5, 0.6) is 5.75 Å². The number of ether oxygens (including phenoxy) is 1. The first-order chi connectivity index (χ1) is 9.54. The molecule has 0 saturated carbocycles. The van der Waals surface area contributed by atoms with Crippen molar-refractivity contribution < 1.29 is 9.84 Å². The number of nitrogens with one attached hydrogen (secondary N) is 1. The standard InChI is InChI=1S/C15H17NO4/c1-3-20-11-6-4-10(5-7-11)12-13(15(19)14(12)18)16-8-9(2)17/h4-7,9,16-17H,3,8H2,1-2H3/t9-/m1/s1. The van der Waals surface area contributed by atoms with Crippen LogP contribution in [0.25, 0.3) is 11.1 Å². The van der Waals surface area contributed by atoms with Gasteiger partial charge in [-0.15, -0.1) is 0 Å². The molecule has 0 radical (unpaired) electrons. The van der Waals surface area contributed by atoms with Gasteiger partial charge in [0.2, 0.25) is 10.9 Å². The van der Waals surface area contributed by atoms with E-state index < -0.39 is 17.0 Å². The first-order valence-electron chi connectivity index (χ1n) is 6.53. The smallest absolute Gasteiger partial charge is 0.250 e. The van der Waals surface area contributed by atoms with Crippen molar-refractivity contribution in [1.82, 2.24) is 0 Å². The molecular weight excluding hydrogens is 258 g/mol. The molecule has 106 valence electrons. The molecule has 0 heterocycles. The average molecular weight is 275 g/mol. The van der Waals surface area contributed by atoms with Gasteiger partial charge in [0.25, 0.3) is 0 Å². The molecule has 5 heteroatoms.